The lowest BCUT2D eigenvalue weighted by Crippen LogP contribution is -2.51. The highest BCUT2D eigenvalue weighted by molar-refractivity contribution is 7.92. The van der Waals surface area contributed by atoms with Gasteiger partial charge in [0.05, 0.1) is 11.4 Å². The number of nitrogens with zero attached hydrogens (tertiary/aromatic N) is 3. The molecule has 31 heavy (non-hydrogen) atoms. The zero-order valence-corrected chi connectivity index (χ0v) is 17.9. The minimum absolute atomic E-state index is 0.100. The predicted octanol–water partition coefficient (Wildman–Crippen LogP) is 2.14. The van der Waals surface area contributed by atoms with Gasteiger partial charge in [-0.2, -0.15) is 13.2 Å². The molecule has 2 fully saturated rings. The Kier molecular flexibility index (Phi) is 7.25. The van der Waals surface area contributed by atoms with E-state index in [1.54, 1.807) is 4.90 Å². The van der Waals surface area contributed by atoms with E-state index in [1.165, 1.54) is 0 Å². The molecule has 0 bridgehead atoms. The number of likely N-dealkylation sites (tertiary alicyclic amines) is 1. The third-order valence-corrected chi connectivity index (χ3v) is 7.20. The molecule has 2 amide bonds. The van der Waals surface area contributed by atoms with Gasteiger partial charge in [-0.3, -0.25) is 14.5 Å². The molecule has 2 aliphatic heterocycles. The Labute approximate surface area is 179 Å². The fraction of sp³-hybridized carbons (Fsp3) is 0.600. The van der Waals surface area contributed by atoms with E-state index >= 15 is 0 Å². The molecule has 0 atom stereocenters. The van der Waals surface area contributed by atoms with Crippen LogP contribution in [0.4, 0.5) is 13.2 Å². The summed E-state index contributed by atoms with van der Waals surface area (Å²) in [5, 5.41) is 0. The molecule has 3 rings (SSSR count). The summed E-state index contributed by atoms with van der Waals surface area (Å²) in [6.45, 7) is 3.70. The summed E-state index contributed by atoms with van der Waals surface area (Å²) >= 11 is 0. The molecule has 0 aromatic heterocycles. The highest BCUT2D eigenvalue weighted by Crippen LogP contribution is 2.30. The van der Waals surface area contributed by atoms with E-state index in [0.717, 1.165) is 63.0 Å². The number of rotatable bonds is 4. The van der Waals surface area contributed by atoms with Crippen LogP contribution in [-0.2, 0) is 14.6 Å². The van der Waals surface area contributed by atoms with E-state index in [2.05, 4.69) is 0 Å². The summed E-state index contributed by atoms with van der Waals surface area (Å²) in [6, 6.07) is 3.78. The van der Waals surface area contributed by atoms with E-state index in [1.807, 2.05) is 9.80 Å². The molecule has 0 saturated carbocycles. The second-order valence-corrected chi connectivity index (χ2v) is 9.78. The van der Waals surface area contributed by atoms with Gasteiger partial charge in [0.2, 0.25) is 5.91 Å². The Balaban J connectivity index is 1.53. The molecule has 172 valence electrons. The number of sulfone groups is 1. The molecule has 0 aliphatic carbocycles. The normalized spacial score (nSPS) is 19.2. The summed E-state index contributed by atoms with van der Waals surface area (Å²) in [5.74, 6) is -0.280. The van der Waals surface area contributed by atoms with Gasteiger partial charge in [0, 0.05) is 44.8 Å². The zero-order valence-electron chi connectivity index (χ0n) is 17.1. The van der Waals surface area contributed by atoms with Crippen LogP contribution in [0, 0.1) is 0 Å². The van der Waals surface area contributed by atoms with E-state index in [9.17, 15) is 31.2 Å². The van der Waals surface area contributed by atoms with Gasteiger partial charge >= 0.3 is 5.51 Å². The van der Waals surface area contributed by atoms with Crippen LogP contribution in [0.15, 0.2) is 29.2 Å². The van der Waals surface area contributed by atoms with Gasteiger partial charge in [-0.25, -0.2) is 8.42 Å². The van der Waals surface area contributed by atoms with Crippen LogP contribution in [0.5, 0.6) is 0 Å². The Morgan fingerprint density at radius 1 is 0.806 bits per heavy atom. The van der Waals surface area contributed by atoms with Gasteiger partial charge in [-0.15, -0.1) is 0 Å². The third-order valence-electron chi connectivity index (χ3n) is 5.69. The van der Waals surface area contributed by atoms with Crippen molar-refractivity contribution in [3.8, 4) is 0 Å². The van der Waals surface area contributed by atoms with Crippen LogP contribution in [0.2, 0.25) is 0 Å². The lowest BCUT2D eigenvalue weighted by molar-refractivity contribution is -0.132. The van der Waals surface area contributed by atoms with Crippen molar-refractivity contribution in [2.45, 2.75) is 36.1 Å². The summed E-state index contributed by atoms with van der Waals surface area (Å²) in [4.78, 5) is 29.7. The molecule has 0 unspecified atom stereocenters. The van der Waals surface area contributed by atoms with E-state index in [4.69, 9.17) is 0 Å². The number of carbonyl (C=O) groups is 2. The van der Waals surface area contributed by atoms with Gasteiger partial charge in [-0.1, -0.05) is 12.8 Å². The average molecular weight is 462 g/mol. The van der Waals surface area contributed by atoms with Gasteiger partial charge < -0.3 is 9.80 Å². The van der Waals surface area contributed by atoms with E-state index in [0.29, 0.717) is 32.7 Å². The Bertz CT molecular complexity index is 887. The molecular formula is C20H26F3N3O4S. The third kappa shape index (κ3) is 5.57. The molecule has 2 aliphatic rings. The van der Waals surface area contributed by atoms with E-state index in [-0.39, 0.29) is 17.4 Å². The van der Waals surface area contributed by atoms with Gasteiger partial charge in [0.1, 0.15) is 0 Å². The van der Waals surface area contributed by atoms with Crippen LogP contribution in [-0.4, -0.2) is 86.3 Å². The molecule has 0 N–H and O–H groups in total. The Morgan fingerprint density at radius 2 is 1.35 bits per heavy atom. The topological polar surface area (TPSA) is 78.0 Å². The lowest BCUT2D eigenvalue weighted by Gasteiger charge is -2.35. The first kappa shape index (κ1) is 23.5. The van der Waals surface area contributed by atoms with Crippen LogP contribution in [0.1, 0.15) is 36.0 Å². The maximum Gasteiger partial charge on any atom is 0.501 e. The second-order valence-electron chi connectivity index (χ2n) is 7.84. The summed E-state index contributed by atoms with van der Waals surface area (Å²) in [7, 11) is -5.44. The van der Waals surface area contributed by atoms with Crippen LogP contribution >= 0.6 is 0 Å². The number of alkyl halides is 3. The molecule has 0 radical (unpaired) electrons. The van der Waals surface area contributed by atoms with Gasteiger partial charge in [0.15, 0.2) is 0 Å². The molecule has 2 saturated heterocycles. The number of benzene rings is 1. The predicted molar refractivity (Wildman–Crippen MR) is 107 cm³/mol. The molecule has 2 heterocycles. The monoisotopic (exact) mass is 461 g/mol. The molecular weight excluding hydrogens is 435 g/mol. The Hall–Kier alpha value is -2.14. The fourth-order valence-corrected chi connectivity index (χ4v) is 4.57. The fourth-order valence-electron chi connectivity index (χ4n) is 3.81. The zero-order chi connectivity index (χ0) is 22.6. The minimum atomic E-state index is -5.44. The molecule has 1 aromatic rings. The maximum atomic E-state index is 12.6. The van der Waals surface area contributed by atoms with Crippen LogP contribution < -0.4 is 0 Å². The largest absolute Gasteiger partial charge is 0.501 e. The van der Waals surface area contributed by atoms with Crippen molar-refractivity contribution in [3.63, 3.8) is 0 Å². The Morgan fingerprint density at radius 3 is 1.87 bits per heavy atom. The lowest BCUT2D eigenvalue weighted by atomic mass is 10.2. The van der Waals surface area contributed by atoms with Crippen molar-refractivity contribution in [1.29, 1.82) is 0 Å². The number of halogens is 3. The second kappa shape index (κ2) is 9.56. The number of carbonyl (C=O) groups excluding carboxylic acids is 2. The van der Waals surface area contributed by atoms with E-state index < -0.39 is 20.2 Å². The molecule has 1 aromatic carbocycles. The molecule has 11 heteroatoms. The van der Waals surface area contributed by atoms with Gasteiger partial charge in [0.25, 0.3) is 15.7 Å². The average Bonchev–Trinajstić information content (AvgIpc) is 3.03. The summed E-state index contributed by atoms with van der Waals surface area (Å²) in [5.41, 5.74) is -5.27. The van der Waals surface area contributed by atoms with Crippen molar-refractivity contribution >= 4 is 21.7 Å². The van der Waals surface area contributed by atoms with Crippen LogP contribution in [0.25, 0.3) is 0 Å². The quantitative estimate of drug-likeness (QED) is 0.687. The first-order valence-electron chi connectivity index (χ1n) is 10.3. The number of hydrogen-bond acceptors (Lipinski definition) is 5. The highest BCUT2D eigenvalue weighted by Gasteiger charge is 2.46. The standard InChI is InChI=1S/C20H26F3N3O4S/c21-20(22,23)31(29,30)17-7-5-16(6-8-17)19(28)26-13-11-24(12-14-26)15-18(27)25-9-3-1-2-4-10-25/h5-8H,1-4,9-15H2. The minimum Gasteiger partial charge on any atom is -0.342 e. The molecule has 0 spiro atoms. The number of piperazine rings is 1. The van der Waals surface area contributed by atoms with Crippen molar-refractivity contribution in [2.24, 2.45) is 0 Å². The summed E-state index contributed by atoms with van der Waals surface area (Å²) < 4.78 is 60.8. The molecule has 7 nitrogen and oxygen atoms in total. The first-order valence-corrected chi connectivity index (χ1v) is 11.8. The van der Waals surface area contributed by atoms with Crippen molar-refractivity contribution in [2.75, 3.05) is 45.8 Å². The van der Waals surface area contributed by atoms with Crippen molar-refractivity contribution in [1.82, 2.24) is 14.7 Å². The maximum absolute atomic E-state index is 12.6. The number of hydrogen-bond donors (Lipinski definition) is 0. The van der Waals surface area contributed by atoms with Crippen molar-refractivity contribution in [3.05, 3.63) is 29.8 Å². The summed E-state index contributed by atoms with van der Waals surface area (Å²) in [6.07, 6.45) is 4.34. The number of amides is 2. The SMILES string of the molecule is O=C(CN1CCN(C(=O)c2ccc(S(=O)(=O)C(F)(F)F)cc2)CC1)N1CCCCCC1. The highest BCUT2D eigenvalue weighted by atomic mass is 32.2. The smallest absolute Gasteiger partial charge is 0.342 e. The van der Waals surface area contributed by atoms with Crippen molar-refractivity contribution < 1.29 is 31.2 Å². The first-order chi connectivity index (χ1) is 14.6. The van der Waals surface area contributed by atoms with Gasteiger partial charge in [-0.05, 0) is 37.1 Å². The van der Waals surface area contributed by atoms with Crippen LogP contribution in [0.3, 0.4) is 0 Å².